The monoisotopic (exact) mass is 285 g/mol. The highest BCUT2D eigenvalue weighted by Crippen LogP contribution is 2.33. The molecule has 2 aromatic rings. The van der Waals surface area contributed by atoms with Gasteiger partial charge in [-0.05, 0) is 18.9 Å². The van der Waals surface area contributed by atoms with Crippen LogP contribution >= 0.6 is 0 Å². The van der Waals surface area contributed by atoms with Crippen molar-refractivity contribution < 1.29 is 9.90 Å². The first-order valence-corrected chi connectivity index (χ1v) is 7.43. The minimum Gasteiger partial charge on any atom is -0.480 e. The summed E-state index contributed by atoms with van der Waals surface area (Å²) < 4.78 is 0. The van der Waals surface area contributed by atoms with Crippen molar-refractivity contribution in [3.63, 3.8) is 0 Å². The predicted octanol–water partition coefficient (Wildman–Crippen LogP) is 3.22. The summed E-state index contributed by atoms with van der Waals surface area (Å²) in [6.07, 6.45) is 7.01. The average Bonchev–Trinajstić information content (AvgIpc) is 2.74. The molecule has 1 saturated carbocycles. The summed E-state index contributed by atoms with van der Waals surface area (Å²) in [5, 5.41) is 22.0. The Bertz CT molecular complexity index is 644. The molecule has 0 bridgehead atoms. The molecule has 1 aromatic carbocycles. The fourth-order valence-corrected chi connectivity index (χ4v) is 3.09. The number of hydrogen-bond acceptors (Lipinski definition) is 4. The number of fused-ring (bicyclic) bond motifs is 1. The summed E-state index contributed by atoms with van der Waals surface area (Å²) in [5.41, 5.74) is 0.643. The van der Waals surface area contributed by atoms with E-state index in [0.717, 1.165) is 42.3 Å². The van der Waals surface area contributed by atoms with Crippen LogP contribution in [-0.2, 0) is 4.79 Å². The van der Waals surface area contributed by atoms with Gasteiger partial charge in [0, 0.05) is 5.39 Å². The van der Waals surface area contributed by atoms with Crippen LogP contribution in [0.5, 0.6) is 0 Å². The summed E-state index contributed by atoms with van der Waals surface area (Å²) in [6, 6.07) is 7.65. The standard InChI is InChI=1S/C16H19N3O2/c20-15(21)16(9-5-1-2-6-10-16)18-14-11-17-19-13-8-4-3-7-12(13)14/h3-4,7-8,11H,1-2,5-6,9-10H2,(H,18,19)(H,20,21). The van der Waals surface area contributed by atoms with Crippen LogP contribution in [0.25, 0.3) is 10.9 Å². The molecule has 5 nitrogen and oxygen atoms in total. The van der Waals surface area contributed by atoms with Crippen molar-refractivity contribution in [3.05, 3.63) is 30.5 Å². The largest absolute Gasteiger partial charge is 0.480 e. The maximum atomic E-state index is 11.9. The van der Waals surface area contributed by atoms with E-state index in [2.05, 4.69) is 15.5 Å². The van der Waals surface area contributed by atoms with Gasteiger partial charge in [-0.15, -0.1) is 0 Å². The topological polar surface area (TPSA) is 75.1 Å². The van der Waals surface area contributed by atoms with Crippen molar-refractivity contribution in [1.82, 2.24) is 10.2 Å². The molecular weight excluding hydrogens is 266 g/mol. The number of carbonyl (C=O) groups is 1. The highest BCUT2D eigenvalue weighted by Gasteiger charge is 2.38. The van der Waals surface area contributed by atoms with E-state index in [1.54, 1.807) is 6.20 Å². The Kier molecular flexibility index (Phi) is 3.73. The van der Waals surface area contributed by atoms with E-state index in [4.69, 9.17) is 0 Å². The fourth-order valence-electron chi connectivity index (χ4n) is 3.09. The van der Waals surface area contributed by atoms with Gasteiger partial charge >= 0.3 is 5.97 Å². The lowest BCUT2D eigenvalue weighted by atomic mass is 9.89. The zero-order chi connectivity index (χ0) is 14.7. The SMILES string of the molecule is O=C(O)C1(Nc2cnnc3ccccc23)CCCCCC1. The van der Waals surface area contributed by atoms with Gasteiger partial charge in [-0.3, -0.25) is 0 Å². The smallest absolute Gasteiger partial charge is 0.329 e. The third kappa shape index (κ3) is 2.68. The van der Waals surface area contributed by atoms with Crippen molar-refractivity contribution in [1.29, 1.82) is 0 Å². The molecule has 1 heterocycles. The van der Waals surface area contributed by atoms with Crippen LogP contribution in [0.15, 0.2) is 30.5 Å². The fraction of sp³-hybridized carbons (Fsp3) is 0.438. The number of aliphatic carboxylic acids is 1. The lowest BCUT2D eigenvalue weighted by Crippen LogP contribution is -2.46. The molecule has 1 aromatic heterocycles. The van der Waals surface area contributed by atoms with Crippen molar-refractivity contribution in [2.45, 2.75) is 44.1 Å². The number of carboxylic acid groups (broad SMARTS) is 1. The molecule has 0 atom stereocenters. The second kappa shape index (κ2) is 5.68. The van der Waals surface area contributed by atoms with Gasteiger partial charge < -0.3 is 10.4 Å². The molecule has 0 amide bonds. The molecule has 110 valence electrons. The first-order chi connectivity index (χ1) is 10.2. The Morgan fingerprint density at radius 1 is 1.14 bits per heavy atom. The molecule has 0 radical (unpaired) electrons. The van der Waals surface area contributed by atoms with E-state index in [9.17, 15) is 9.90 Å². The normalized spacial score (nSPS) is 18.1. The van der Waals surface area contributed by atoms with Gasteiger partial charge in [0.15, 0.2) is 0 Å². The first kappa shape index (κ1) is 13.8. The van der Waals surface area contributed by atoms with Crippen molar-refractivity contribution in [2.75, 3.05) is 5.32 Å². The first-order valence-electron chi connectivity index (χ1n) is 7.43. The Morgan fingerprint density at radius 3 is 2.57 bits per heavy atom. The van der Waals surface area contributed by atoms with Crippen LogP contribution in [0.4, 0.5) is 5.69 Å². The lowest BCUT2D eigenvalue weighted by Gasteiger charge is -2.30. The molecule has 3 rings (SSSR count). The van der Waals surface area contributed by atoms with Gasteiger partial charge in [-0.2, -0.15) is 10.2 Å². The van der Waals surface area contributed by atoms with Gasteiger partial charge in [0.25, 0.3) is 0 Å². The number of anilines is 1. The third-order valence-corrected chi connectivity index (χ3v) is 4.29. The third-order valence-electron chi connectivity index (χ3n) is 4.29. The molecular formula is C16H19N3O2. The number of nitrogens with zero attached hydrogens (tertiary/aromatic N) is 2. The van der Waals surface area contributed by atoms with Crippen LogP contribution in [0.2, 0.25) is 0 Å². The highest BCUT2D eigenvalue weighted by atomic mass is 16.4. The number of hydrogen-bond donors (Lipinski definition) is 2. The molecule has 1 fully saturated rings. The van der Waals surface area contributed by atoms with E-state index in [1.807, 2.05) is 24.3 Å². The van der Waals surface area contributed by atoms with Crippen LogP contribution in [0.1, 0.15) is 38.5 Å². The van der Waals surface area contributed by atoms with Gasteiger partial charge in [0.2, 0.25) is 0 Å². The number of carboxylic acids is 1. The molecule has 5 heteroatoms. The molecule has 0 saturated heterocycles. The second-order valence-electron chi connectivity index (χ2n) is 5.70. The summed E-state index contributed by atoms with van der Waals surface area (Å²) in [7, 11) is 0. The maximum absolute atomic E-state index is 11.9. The van der Waals surface area contributed by atoms with E-state index in [0.29, 0.717) is 12.8 Å². The van der Waals surface area contributed by atoms with Crippen LogP contribution in [-0.4, -0.2) is 26.8 Å². The lowest BCUT2D eigenvalue weighted by molar-refractivity contribution is -0.142. The summed E-state index contributed by atoms with van der Waals surface area (Å²) >= 11 is 0. The predicted molar refractivity (Wildman–Crippen MR) is 81.2 cm³/mol. The van der Waals surface area contributed by atoms with Crippen molar-refractivity contribution in [3.8, 4) is 0 Å². The van der Waals surface area contributed by atoms with Gasteiger partial charge in [-0.25, -0.2) is 4.79 Å². The minimum atomic E-state index is -0.887. The Hall–Kier alpha value is -2.17. The Labute approximate surface area is 123 Å². The van der Waals surface area contributed by atoms with Gasteiger partial charge in [0.1, 0.15) is 5.54 Å². The minimum absolute atomic E-state index is 0.652. The molecule has 1 aliphatic rings. The Balaban J connectivity index is 2.00. The van der Waals surface area contributed by atoms with Gasteiger partial charge in [0.05, 0.1) is 17.4 Å². The quantitative estimate of drug-likeness (QED) is 0.847. The molecule has 0 spiro atoms. The van der Waals surface area contributed by atoms with E-state index >= 15 is 0 Å². The molecule has 0 aliphatic heterocycles. The van der Waals surface area contributed by atoms with E-state index in [1.165, 1.54) is 0 Å². The summed E-state index contributed by atoms with van der Waals surface area (Å²) in [4.78, 5) is 11.9. The zero-order valence-corrected chi connectivity index (χ0v) is 11.9. The van der Waals surface area contributed by atoms with Gasteiger partial charge in [-0.1, -0.05) is 43.9 Å². The maximum Gasteiger partial charge on any atom is 0.329 e. The summed E-state index contributed by atoms with van der Waals surface area (Å²) in [6.45, 7) is 0. The molecule has 0 unspecified atom stereocenters. The van der Waals surface area contributed by atoms with Crippen LogP contribution in [0.3, 0.4) is 0 Å². The molecule has 2 N–H and O–H groups in total. The number of aromatic nitrogens is 2. The van der Waals surface area contributed by atoms with Crippen molar-refractivity contribution >= 4 is 22.6 Å². The van der Waals surface area contributed by atoms with Crippen LogP contribution in [0, 0.1) is 0 Å². The zero-order valence-electron chi connectivity index (χ0n) is 11.9. The number of benzene rings is 1. The Morgan fingerprint density at radius 2 is 1.86 bits per heavy atom. The number of rotatable bonds is 3. The highest BCUT2D eigenvalue weighted by molar-refractivity contribution is 5.93. The second-order valence-corrected chi connectivity index (χ2v) is 5.70. The van der Waals surface area contributed by atoms with E-state index in [-0.39, 0.29) is 0 Å². The molecule has 21 heavy (non-hydrogen) atoms. The average molecular weight is 285 g/mol. The van der Waals surface area contributed by atoms with E-state index < -0.39 is 11.5 Å². The summed E-state index contributed by atoms with van der Waals surface area (Å²) in [5.74, 6) is -0.773. The molecule has 1 aliphatic carbocycles. The van der Waals surface area contributed by atoms with Crippen molar-refractivity contribution in [2.24, 2.45) is 0 Å². The number of nitrogens with one attached hydrogen (secondary N) is 1. The van der Waals surface area contributed by atoms with Crippen LogP contribution < -0.4 is 5.32 Å².